The van der Waals surface area contributed by atoms with Gasteiger partial charge in [-0.05, 0) is 47.0 Å². The molecule has 0 amide bonds. The lowest BCUT2D eigenvalue weighted by Gasteiger charge is -2.50. The Hall–Kier alpha value is -0.332. The van der Waals surface area contributed by atoms with E-state index in [0.29, 0.717) is 0 Å². The van der Waals surface area contributed by atoms with Crippen molar-refractivity contribution in [1.29, 1.82) is 0 Å². The Labute approximate surface area is 151 Å². The van der Waals surface area contributed by atoms with Gasteiger partial charge in [-0.25, -0.2) is 0 Å². The molecule has 1 rings (SSSR count). The molecule has 0 saturated carbocycles. The molecule has 0 unspecified atom stereocenters. The van der Waals surface area contributed by atoms with Gasteiger partial charge in [0.15, 0.2) is 0 Å². The van der Waals surface area contributed by atoms with Crippen molar-refractivity contribution in [1.82, 2.24) is 0 Å². The fourth-order valence-electron chi connectivity index (χ4n) is 2.83. The Morgan fingerprint density at radius 3 is 1.04 bits per heavy atom. The van der Waals surface area contributed by atoms with Gasteiger partial charge in [-0.15, -0.1) is 26.3 Å². The lowest BCUT2D eigenvalue weighted by Crippen LogP contribution is -2.68. The second-order valence-corrected chi connectivity index (χ2v) is 20.2. The first-order valence-corrected chi connectivity index (χ1v) is 17.1. The van der Waals surface area contributed by atoms with Crippen molar-refractivity contribution in [3.63, 3.8) is 0 Å². The third kappa shape index (κ3) is 4.07. The van der Waals surface area contributed by atoms with Crippen molar-refractivity contribution >= 4 is 34.2 Å². The van der Waals surface area contributed by atoms with Crippen molar-refractivity contribution in [2.75, 3.05) is 0 Å². The summed E-state index contributed by atoms with van der Waals surface area (Å²) in [6.07, 6.45) is 0. The molecule has 8 heteroatoms. The molecule has 1 aliphatic rings. The maximum atomic E-state index is 6.81. The molecule has 0 radical (unpaired) electrons. The minimum absolute atomic E-state index is 0.845. The summed E-state index contributed by atoms with van der Waals surface area (Å²) in [4.78, 5) is 0. The lowest BCUT2D eigenvalue weighted by atomic mass is 10.9. The minimum atomic E-state index is -2.87. The van der Waals surface area contributed by atoms with Crippen LogP contribution >= 0.6 is 0 Å². The maximum Gasteiger partial charge on any atom is 0.373 e. The zero-order chi connectivity index (χ0) is 18.5. The predicted molar refractivity (Wildman–Crippen MR) is 110 cm³/mol. The molecular weight excluding hydrogens is 369 g/mol. The van der Waals surface area contributed by atoms with Crippen LogP contribution in [-0.4, -0.2) is 34.2 Å². The van der Waals surface area contributed by atoms with Gasteiger partial charge in [0.1, 0.15) is 0 Å². The van der Waals surface area contributed by atoms with Crippen LogP contribution in [0.1, 0.15) is 27.7 Å². The summed E-state index contributed by atoms with van der Waals surface area (Å²) >= 11 is 0. The van der Waals surface area contributed by atoms with Crippen molar-refractivity contribution in [2.45, 2.75) is 51.9 Å². The smallest absolute Gasteiger partial charge is 0.373 e. The lowest BCUT2D eigenvalue weighted by molar-refractivity contribution is 0.235. The van der Waals surface area contributed by atoms with E-state index in [9.17, 15) is 0 Å². The minimum Gasteiger partial charge on any atom is -0.415 e. The van der Waals surface area contributed by atoms with Crippen LogP contribution < -0.4 is 0 Å². The first-order chi connectivity index (χ1) is 11.3. The molecule has 136 valence electrons. The average Bonchev–Trinajstić information content (AvgIpc) is 2.63. The summed E-state index contributed by atoms with van der Waals surface area (Å²) in [6.45, 7) is 24.3. The third-order valence-electron chi connectivity index (χ3n) is 4.67. The van der Waals surface area contributed by atoms with Crippen LogP contribution in [0.25, 0.3) is 0 Å². The summed E-state index contributed by atoms with van der Waals surface area (Å²) < 4.78 is 26.7. The van der Waals surface area contributed by atoms with E-state index in [1.54, 1.807) is 22.8 Å². The highest BCUT2D eigenvalue weighted by Crippen LogP contribution is 2.38. The first kappa shape index (κ1) is 21.7. The molecule has 0 aromatic heterocycles. The van der Waals surface area contributed by atoms with E-state index in [4.69, 9.17) is 16.5 Å². The molecule has 0 spiro atoms. The Bertz CT molecular complexity index is 428. The monoisotopic (exact) mass is 400 g/mol. The van der Waals surface area contributed by atoms with Gasteiger partial charge in [0, 0.05) is 0 Å². The van der Waals surface area contributed by atoms with E-state index in [1.807, 2.05) is 0 Å². The van der Waals surface area contributed by atoms with Gasteiger partial charge < -0.3 is 16.5 Å². The van der Waals surface area contributed by atoms with Gasteiger partial charge >= 0.3 is 34.2 Å². The van der Waals surface area contributed by atoms with Crippen LogP contribution in [0.15, 0.2) is 49.1 Å². The number of rotatable bonds is 8. The summed E-state index contributed by atoms with van der Waals surface area (Å²) in [5.41, 5.74) is 7.06. The standard InChI is InChI=1S/C16H32O4Si4/c1-9-21(10-2)17-22(11-3,12-4)19-24(15-7,16-8)20-23(13-5,14-6)18-21/h9-12H,1-4,13-16H2,5-8H3. The molecule has 1 aliphatic heterocycles. The normalized spacial score (nSPS) is 24.2. The molecule has 0 aliphatic carbocycles. The summed E-state index contributed by atoms with van der Waals surface area (Å²) in [7, 11) is -10.7. The highest BCUT2D eigenvalue weighted by molar-refractivity contribution is 7.00. The van der Waals surface area contributed by atoms with E-state index in [0.717, 1.165) is 24.2 Å². The Balaban J connectivity index is 3.56. The summed E-state index contributed by atoms with van der Waals surface area (Å²) in [5.74, 6) is 0. The maximum absolute atomic E-state index is 6.81. The van der Waals surface area contributed by atoms with Crippen LogP contribution in [0.3, 0.4) is 0 Å². The van der Waals surface area contributed by atoms with Gasteiger partial charge in [0.2, 0.25) is 0 Å². The predicted octanol–water partition coefficient (Wildman–Crippen LogP) is 4.82. The highest BCUT2D eigenvalue weighted by Gasteiger charge is 2.58. The van der Waals surface area contributed by atoms with Gasteiger partial charge in [-0.2, -0.15) is 0 Å². The molecule has 1 heterocycles. The molecule has 1 fully saturated rings. The fourth-order valence-corrected chi connectivity index (χ4v) is 23.0. The zero-order valence-electron chi connectivity index (χ0n) is 15.6. The largest absolute Gasteiger partial charge is 0.415 e. The number of hydrogen-bond donors (Lipinski definition) is 0. The van der Waals surface area contributed by atoms with Gasteiger partial charge in [-0.3, -0.25) is 0 Å². The van der Waals surface area contributed by atoms with Crippen molar-refractivity contribution in [3.05, 3.63) is 49.1 Å². The van der Waals surface area contributed by atoms with Crippen LogP contribution in [0.5, 0.6) is 0 Å². The second-order valence-electron chi connectivity index (χ2n) is 5.90. The van der Waals surface area contributed by atoms with E-state index in [-0.39, 0.29) is 0 Å². The molecular formula is C16H32O4Si4. The summed E-state index contributed by atoms with van der Waals surface area (Å²) in [6, 6.07) is 3.38. The Kier molecular flexibility index (Phi) is 7.57. The van der Waals surface area contributed by atoms with Crippen molar-refractivity contribution in [3.8, 4) is 0 Å². The van der Waals surface area contributed by atoms with Crippen LogP contribution in [0, 0.1) is 0 Å². The Morgan fingerprint density at radius 1 is 0.542 bits per heavy atom. The zero-order valence-corrected chi connectivity index (χ0v) is 19.6. The van der Waals surface area contributed by atoms with E-state index in [2.05, 4.69) is 54.0 Å². The average molecular weight is 401 g/mol. The first-order valence-electron chi connectivity index (χ1n) is 8.66. The molecule has 0 aromatic rings. The van der Waals surface area contributed by atoms with E-state index >= 15 is 0 Å². The van der Waals surface area contributed by atoms with E-state index < -0.39 is 34.2 Å². The van der Waals surface area contributed by atoms with Gasteiger partial charge in [-0.1, -0.05) is 27.7 Å². The third-order valence-corrected chi connectivity index (χ3v) is 22.3. The fraction of sp³-hybridized carbons (Fsp3) is 0.500. The van der Waals surface area contributed by atoms with E-state index in [1.165, 1.54) is 0 Å². The van der Waals surface area contributed by atoms with Gasteiger partial charge in [0.05, 0.1) is 0 Å². The topological polar surface area (TPSA) is 36.9 Å². The molecule has 24 heavy (non-hydrogen) atoms. The molecule has 0 aromatic carbocycles. The second kappa shape index (κ2) is 8.37. The molecule has 0 bridgehead atoms. The molecule has 0 N–H and O–H groups in total. The molecule has 1 saturated heterocycles. The quantitative estimate of drug-likeness (QED) is 0.548. The molecule has 0 atom stereocenters. The highest BCUT2D eigenvalue weighted by atomic mass is 28.5. The SMILES string of the molecule is C=C[Si]1(C=C)O[Si](C=C)(C=C)O[Si](CC)(CC)O[Si](CC)(CC)O1. The Morgan fingerprint density at radius 2 is 0.833 bits per heavy atom. The van der Waals surface area contributed by atoms with Crippen LogP contribution in [0.4, 0.5) is 0 Å². The van der Waals surface area contributed by atoms with Gasteiger partial charge in [0.25, 0.3) is 0 Å². The van der Waals surface area contributed by atoms with Crippen LogP contribution in [-0.2, 0) is 16.5 Å². The molecule has 4 nitrogen and oxygen atoms in total. The van der Waals surface area contributed by atoms with Crippen molar-refractivity contribution in [2.24, 2.45) is 0 Å². The number of hydrogen-bond acceptors (Lipinski definition) is 4. The summed E-state index contributed by atoms with van der Waals surface area (Å²) in [5, 5.41) is 0. The van der Waals surface area contributed by atoms with Crippen LogP contribution in [0.2, 0.25) is 24.2 Å². The van der Waals surface area contributed by atoms with Crippen molar-refractivity contribution < 1.29 is 16.5 Å².